The van der Waals surface area contributed by atoms with Crippen molar-refractivity contribution in [2.45, 2.75) is 6.92 Å². The van der Waals surface area contributed by atoms with E-state index in [1.807, 2.05) is 6.92 Å². The van der Waals surface area contributed by atoms with E-state index >= 15 is 0 Å². The third-order valence-corrected chi connectivity index (χ3v) is 0.758. The Morgan fingerprint density at radius 2 is 2.33 bits per heavy atom. The summed E-state index contributed by atoms with van der Waals surface area (Å²) in [6.07, 6.45) is 0. The van der Waals surface area contributed by atoms with Crippen LogP contribution in [0.25, 0.3) is 0 Å². The fourth-order valence-electron chi connectivity index (χ4n) is 0.307. The largest absolute Gasteiger partial charge is 0.358 e. The van der Waals surface area contributed by atoms with E-state index in [4.69, 9.17) is 4.84 Å². The van der Waals surface area contributed by atoms with Crippen molar-refractivity contribution >= 4 is 5.91 Å². The van der Waals surface area contributed by atoms with E-state index in [9.17, 15) is 4.79 Å². The molecule has 1 amide bonds. The minimum atomic E-state index is -0.0801. The van der Waals surface area contributed by atoms with Crippen LogP contribution in [0.2, 0.25) is 0 Å². The molecule has 2 N–H and O–H groups in total. The van der Waals surface area contributed by atoms with Crippen molar-refractivity contribution < 1.29 is 9.63 Å². The molecule has 0 aliphatic heterocycles. The molecule has 0 bridgehead atoms. The van der Waals surface area contributed by atoms with Gasteiger partial charge in [0.2, 0.25) is 5.91 Å². The normalized spacial score (nSPS) is 9.11. The Kier molecular flexibility index (Phi) is 5.15. The van der Waals surface area contributed by atoms with E-state index in [0.29, 0.717) is 6.61 Å². The predicted molar refractivity (Wildman–Crippen MR) is 33.7 cm³/mol. The number of amides is 1. The third kappa shape index (κ3) is 5.26. The van der Waals surface area contributed by atoms with E-state index in [1.54, 1.807) is 7.05 Å². The molecule has 54 valence electrons. The first-order valence-electron chi connectivity index (χ1n) is 2.86. The average Bonchev–Trinajstić information content (AvgIpc) is 1.89. The van der Waals surface area contributed by atoms with Crippen LogP contribution in [-0.4, -0.2) is 26.1 Å². The molecule has 0 fully saturated rings. The lowest BCUT2D eigenvalue weighted by atomic mass is 10.6. The van der Waals surface area contributed by atoms with Crippen LogP contribution in [0.1, 0.15) is 6.92 Å². The second kappa shape index (κ2) is 5.53. The van der Waals surface area contributed by atoms with Crippen LogP contribution in [0, 0.1) is 0 Å². The highest BCUT2D eigenvalue weighted by Gasteiger charge is 1.93. The Balaban J connectivity index is 2.97. The number of hydrogen-bond donors (Lipinski definition) is 2. The Morgan fingerprint density at radius 3 is 2.78 bits per heavy atom. The van der Waals surface area contributed by atoms with Crippen molar-refractivity contribution in [3.05, 3.63) is 0 Å². The molecular weight excluding hydrogens is 120 g/mol. The van der Waals surface area contributed by atoms with Gasteiger partial charge in [0.1, 0.15) is 0 Å². The molecule has 4 nitrogen and oxygen atoms in total. The van der Waals surface area contributed by atoms with Gasteiger partial charge < -0.3 is 10.2 Å². The average molecular weight is 132 g/mol. The van der Waals surface area contributed by atoms with Crippen molar-refractivity contribution in [1.29, 1.82) is 0 Å². The topological polar surface area (TPSA) is 50.4 Å². The van der Waals surface area contributed by atoms with Crippen molar-refractivity contribution in [3.63, 3.8) is 0 Å². The monoisotopic (exact) mass is 132 g/mol. The first-order valence-corrected chi connectivity index (χ1v) is 2.86. The Morgan fingerprint density at radius 1 is 1.67 bits per heavy atom. The second-order valence-electron chi connectivity index (χ2n) is 1.43. The minimum Gasteiger partial charge on any atom is -0.358 e. The molecule has 0 rings (SSSR count). The van der Waals surface area contributed by atoms with Gasteiger partial charge in [-0.25, -0.2) is 0 Å². The van der Waals surface area contributed by atoms with E-state index in [1.165, 1.54) is 0 Å². The summed E-state index contributed by atoms with van der Waals surface area (Å²) in [7, 11) is 1.58. The van der Waals surface area contributed by atoms with Gasteiger partial charge in [0.05, 0.1) is 13.2 Å². The molecule has 0 unspecified atom stereocenters. The number of hydrogen-bond acceptors (Lipinski definition) is 3. The lowest BCUT2D eigenvalue weighted by Gasteiger charge is -2.00. The van der Waals surface area contributed by atoms with E-state index in [0.717, 1.165) is 0 Å². The Bertz CT molecular complexity index is 85.0. The van der Waals surface area contributed by atoms with E-state index in [2.05, 4.69) is 10.8 Å². The maximum absolute atomic E-state index is 10.4. The number of nitrogens with one attached hydrogen (secondary N) is 2. The number of hydroxylamine groups is 1. The van der Waals surface area contributed by atoms with Crippen LogP contribution >= 0.6 is 0 Å². The summed E-state index contributed by atoms with van der Waals surface area (Å²) in [5, 5.41) is 2.44. The van der Waals surface area contributed by atoms with Crippen molar-refractivity contribution in [2.75, 3.05) is 20.2 Å². The third-order valence-electron chi connectivity index (χ3n) is 0.758. The van der Waals surface area contributed by atoms with Gasteiger partial charge in [-0.3, -0.25) is 4.79 Å². The summed E-state index contributed by atoms with van der Waals surface area (Å²) in [5.74, 6) is -0.0801. The molecule has 0 atom stereocenters. The SMILES string of the molecule is CCONCC(=O)NC. The Hall–Kier alpha value is -0.610. The summed E-state index contributed by atoms with van der Waals surface area (Å²) in [4.78, 5) is 15.1. The molecular formula is C5H12N2O2. The van der Waals surface area contributed by atoms with Crippen LogP contribution in [0.15, 0.2) is 0 Å². The Labute approximate surface area is 54.5 Å². The summed E-state index contributed by atoms with van der Waals surface area (Å²) in [6.45, 7) is 2.62. The summed E-state index contributed by atoms with van der Waals surface area (Å²) >= 11 is 0. The molecule has 0 aromatic heterocycles. The molecule has 0 heterocycles. The zero-order valence-electron chi connectivity index (χ0n) is 5.73. The lowest BCUT2D eigenvalue weighted by Crippen LogP contribution is -2.31. The van der Waals surface area contributed by atoms with Gasteiger partial charge >= 0.3 is 0 Å². The quantitative estimate of drug-likeness (QED) is 0.392. The molecule has 0 saturated carbocycles. The number of carbonyl (C=O) groups excluding carboxylic acids is 1. The van der Waals surface area contributed by atoms with Crippen LogP contribution in [0.4, 0.5) is 0 Å². The summed E-state index contributed by atoms with van der Waals surface area (Å²) in [6, 6.07) is 0. The second-order valence-corrected chi connectivity index (χ2v) is 1.43. The fourth-order valence-corrected chi connectivity index (χ4v) is 0.307. The van der Waals surface area contributed by atoms with Gasteiger partial charge in [-0.2, -0.15) is 5.48 Å². The lowest BCUT2D eigenvalue weighted by molar-refractivity contribution is -0.122. The minimum absolute atomic E-state index is 0.0801. The number of likely N-dealkylation sites (N-methyl/N-ethyl adjacent to an activating group) is 1. The van der Waals surface area contributed by atoms with Gasteiger partial charge in [-0.15, -0.1) is 0 Å². The maximum atomic E-state index is 10.4. The molecule has 4 heteroatoms. The fraction of sp³-hybridized carbons (Fsp3) is 0.800. The molecule has 0 aromatic rings. The number of rotatable bonds is 4. The highest BCUT2D eigenvalue weighted by atomic mass is 16.6. The van der Waals surface area contributed by atoms with Gasteiger partial charge in [0.25, 0.3) is 0 Å². The van der Waals surface area contributed by atoms with Gasteiger partial charge in [0, 0.05) is 7.05 Å². The van der Waals surface area contributed by atoms with Crippen molar-refractivity contribution in [2.24, 2.45) is 0 Å². The zero-order chi connectivity index (χ0) is 7.11. The van der Waals surface area contributed by atoms with Crippen LogP contribution in [0.3, 0.4) is 0 Å². The standard InChI is InChI=1S/C5H12N2O2/c1-3-9-7-4-5(8)6-2/h7H,3-4H2,1-2H3,(H,6,8). The molecule has 0 saturated heterocycles. The van der Waals surface area contributed by atoms with Crippen molar-refractivity contribution in [1.82, 2.24) is 10.8 Å². The summed E-state index contributed by atoms with van der Waals surface area (Å²) in [5.41, 5.74) is 2.47. The highest BCUT2D eigenvalue weighted by molar-refractivity contribution is 5.77. The van der Waals surface area contributed by atoms with Crippen molar-refractivity contribution in [3.8, 4) is 0 Å². The first-order chi connectivity index (χ1) is 4.31. The molecule has 0 aliphatic rings. The molecule has 0 spiro atoms. The predicted octanol–water partition coefficient (Wildman–Crippen LogP) is -0.726. The zero-order valence-corrected chi connectivity index (χ0v) is 5.73. The maximum Gasteiger partial charge on any atom is 0.236 e. The van der Waals surface area contributed by atoms with E-state index in [-0.39, 0.29) is 12.5 Å². The number of carbonyl (C=O) groups is 1. The molecule has 9 heavy (non-hydrogen) atoms. The molecule has 0 aliphatic carbocycles. The first kappa shape index (κ1) is 8.39. The van der Waals surface area contributed by atoms with Crippen LogP contribution < -0.4 is 10.8 Å². The van der Waals surface area contributed by atoms with Gasteiger partial charge in [-0.05, 0) is 6.92 Å². The van der Waals surface area contributed by atoms with Gasteiger partial charge in [-0.1, -0.05) is 0 Å². The molecule has 0 radical (unpaired) electrons. The van der Waals surface area contributed by atoms with E-state index < -0.39 is 0 Å². The van der Waals surface area contributed by atoms with Gasteiger partial charge in [0.15, 0.2) is 0 Å². The summed E-state index contributed by atoms with van der Waals surface area (Å²) < 4.78 is 0. The van der Waals surface area contributed by atoms with Crippen LogP contribution in [-0.2, 0) is 9.63 Å². The highest BCUT2D eigenvalue weighted by Crippen LogP contribution is 1.63. The smallest absolute Gasteiger partial charge is 0.236 e. The van der Waals surface area contributed by atoms with Crippen LogP contribution in [0.5, 0.6) is 0 Å². The molecule has 0 aromatic carbocycles.